The summed E-state index contributed by atoms with van der Waals surface area (Å²) < 4.78 is 16.2. The maximum Gasteiger partial charge on any atom is 0.123 e. The van der Waals surface area contributed by atoms with E-state index in [1.165, 1.54) is 0 Å². The molecule has 1 N–H and O–H groups in total. The Kier molecular flexibility index (Phi) is 5.01. The van der Waals surface area contributed by atoms with Crippen molar-refractivity contribution in [2.75, 3.05) is 14.2 Å². The van der Waals surface area contributed by atoms with Crippen molar-refractivity contribution in [1.82, 2.24) is 5.32 Å². The molecule has 0 saturated carbocycles. The Balaban J connectivity index is 1.83. The van der Waals surface area contributed by atoms with Crippen LogP contribution < -0.4 is 10.1 Å². The highest BCUT2D eigenvalue weighted by molar-refractivity contribution is 5.26. The molecule has 0 radical (unpaired) electrons. The predicted molar refractivity (Wildman–Crippen MR) is 73.0 cm³/mol. The average molecular weight is 261 g/mol. The molecule has 2 aromatic rings. The molecule has 1 heterocycles. The number of furan rings is 1. The molecular formula is C15H19NO3. The lowest BCUT2D eigenvalue weighted by Crippen LogP contribution is -2.06. The van der Waals surface area contributed by atoms with Crippen LogP contribution >= 0.6 is 0 Å². The summed E-state index contributed by atoms with van der Waals surface area (Å²) in [4.78, 5) is 0. The van der Waals surface area contributed by atoms with E-state index in [4.69, 9.17) is 13.9 Å². The summed E-state index contributed by atoms with van der Waals surface area (Å²) in [6, 6.07) is 9.82. The van der Waals surface area contributed by atoms with Gasteiger partial charge >= 0.3 is 0 Å². The zero-order chi connectivity index (χ0) is 13.5. The first-order valence-corrected chi connectivity index (χ1v) is 6.24. The SMILES string of the molecule is CNCc1occc1COCc1ccc(OC)cc1. The van der Waals surface area contributed by atoms with Gasteiger partial charge in [0.1, 0.15) is 11.5 Å². The third-order valence-electron chi connectivity index (χ3n) is 2.86. The van der Waals surface area contributed by atoms with Gasteiger partial charge in [-0.3, -0.25) is 0 Å². The van der Waals surface area contributed by atoms with E-state index in [-0.39, 0.29) is 0 Å². The smallest absolute Gasteiger partial charge is 0.123 e. The summed E-state index contributed by atoms with van der Waals surface area (Å²) in [5.74, 6) is 1.78. The third-order valence-corrected chi connectivity index (χ3v) is 2.86. The molecule has 0 spiro atoms. The summed E-state index contributed by atoms with van der Waals surface area (Å²) in [5, 5.41) is 3.07. The Labute approximate surface area is 113 Å². The van der Waals surface area contributed by atoms with Gasteiger partial charge in [0.2, 0.25) is 0 Å². The Morgan fingerprint density at radius 2 is 1.89 bits per heavy atom. The molecule has 4 nitrogen and oxygen atoms in total. The van der Waals surface area contributed by atoms with E-state index < -0.39 is 0 Å². The van der Waals surface area contributed by atoms with Crippen molar-refractivity contribution in [2.45, 2.75) is 19.8 Å². The molecule has 0 saturated heterocycles. The van der Waals surface area contributed by atoms with Gasteiger partial charge in [-0.2, -0.15) is 0 Å². The molecule has 0 atom stereocenters. The highest BCUT2D eigenvalue weighted by Crippen LogP contribution is 2.15. The van der Waals surface area contributed by atoms with Crippen molar-refractivity contribution in [3.63, 3.8) is 0 Å². The fourth-order valence-electron chi connectivity index (χ4n) is 1.81. The molecule has 0 fully saturated rings. The van der Waals surface area contributed by atoms with Gasteiger partial charge in [-0.1, -0.05) is 12.1 Å². The van der Waals surface area contributed by atoms with E-state index in [9.17, 15) is 0 Å². The molecule has 0 aliphatic rings. The van der Waals surface area contributed by atoms with Crippen LogP contribution in [0.1, 0.15) is 16.9 Å². The first-order valence-electron chi connectivity index (χ1n) is 6.24. The Hall–Kier alpha value is -1.78. The summed E-state index contributed by atoms with van der Waals surface area (Å²) in [6.07, 6.45) is 1.69. The number of benzene rings is 1. The molecule has 4 heteroatoms. The molecule has 1 aromatic heterocycles. The molecule has 0 bridgehead atoms. The topological polar surface area (TPSA) is 43.6 Å². The van der Waals surface area contributed by atoms with Gasteiger partial charge in [-0.25, -0.2) is 0 Å². The van der Waals surface area contributed by atoms with Crippen molar-refractivity contribution in [3.05, 3.63) is 53.5 Å². The molecule has 2 rings (SSSR count). The normalized spacial score (nSPS) is 10.6. The van der Waals surface area contributed by atoms with Gasteiger partial charge in [-0.15, -0.1) is 0 Å². The lowest BCUT2D eigenvalue weighted by Gasteiger charge is -2.06. The van der Waals surface area contributed by atoms with Gasteiger partial charge < -0.3 is 19.2 Å². The minimum Gasteiger partial charge on any atom is -0.497 e. The molecular weight excluding hydrogens is 242 g/mol. The first kappa shape index (κ1) is 13.6. The highest BCUT2D eigenvalue weighted by Gasteiger charge is 2.05. The van der Waals surface area contributed by atoms with E-state index in [2.05, 4.69) is 5.32 Å². The number of methoxy groups -OCH3 is 1. The van der Waals surface area contributed by atoms with Crippen molar-refractivity contribution < 1.29 is 13.9 Å². The van der Waals surface area contributed by atoms with Gasteiger partial charge in [0, 0.05) is 5.56 Å². The quantitative estimate of drug-likeness (QED) is 0.832. The number of ether oxygens (including phenoxy) is 2. The highest BCUT2D eigenvalue weighted by atomic mass is 16.5. The molecule has 102 valence electrons. The molecule has 0 unspecified atom stereocenters. The fraction of sp³-hybridized carbons (Fsp3) is 0.333. The zero-order valence-electron chi connectivity index (χ0n) is 11.3. The first-order chi connectivity index (χ1) is 9.33. The van der Waals surface area contributed by atoms with E-state index in [1.807, 2.05) is 37.4 Å². The lowest BCUT2D eigenvalue weighted by atomic mass is 10.2. The van der Waals surface area contributed by atoms with Crippen LogP contribution in [-0.2, 0) is 24.5 Å². The van der Waals surface area contributed by atoms with E-state index in [1.54, 1.807) is 13.4 Å². The summed E-state index contributed by atoms with van der Waals surface area (Å²) >= 11 is 0. The van der Waals surface area contributed by atoms with Crippen molar-refractivity contribution in [2.24, 2.45) is 0 Å². The van der Waals surface area contributed by atoms with Crippen LogP contribution in [0.4, 0.5) is 0 Å². The summed E-state index contributed by atoms with van der Waals surface area (Å²) in [6.45, 7) is 1.85. The third kappa shape index (κ3) is 3.84. The molecule has 0 aliphatic carbocycles. The zero-order valence-corrected chi connectivity index (χ0v) is 11.3. The second-order valence-electron chi connectivity index (χ2n) is 4.24. The maximum absolute atomic E-state index is 5.70. The van der Waals surface area contributed by atoms with Crippen LogP contribution in [0.15, 0.2) is 41.0 Å². The minimum atomic E-state index is 0.555. The van der Waals surface area contributed by atoms with Crippen LogP contribution in [-0.4, -0.2) is 14.2 Å². The van der Waals surface area contributed by atoms with Crippen LogP contribution in [0.5, 0.6) is 5.75 Å². The van der Waals surface area contributed by atoms with E-state index in [0.717, 1.165) is 22.6 Å². The van der Waals surface area contributed by atoms with Crippen molar-refractivity contribution >= 4 is 0 Å². The lowest BCUT2D eigenvalue weighted by molar-refractivity contribution is 0.106. The Morgan fingerprint density at radius 3 is 2.58 bits per heavy atom. The summed E-state index contributed by atoms with van der Waals surface area (Å²) in [7, 11) is 3.55. The predicted octanol–water partition coefficient (Wildman–Crippen LogP) is 2.72. The Bertz CT molecular complexity index is 490. The van der Waals surface area contributed by atoms with E-state index in [0.29, 0.717) is 19.8 Å². The fourth-order valence-corrected chi connectivity index (χ4v) is 1.81. The van der Waals surface area contributed by atoms with Gasteiger partial charge in [0.05, 0.1) is 33.1 Å². The van der Waals surface area contributed by atoms with Gasteiger partial charge in [-0.05, 0) is 30.8 Å². The number of rotatable bonds is 7. The van der Waals surface area contributed by atoms with Gasteiger partial charge in [0.15, 0.2) is 0 Å². The van der Waals surface area contributed by atoms with Crippen LogP contribution in [0.2, 0.25) is 0 Å². The number of nitrogens with one attached hydrogen (secondary N) is 1. The molecule has 19 heavy (non-hydrogen) atoms. The second kappa shape index (κ2) is 6.97. The summed E-state index contributed by atoms with van der Waals surface area (Å²) in [5.41, 5.74) is 2.21. The van der Waals surface area contributed by atoms with Crippen LogP contribution in [0.25, 0.3) is 0 Å². The molecule has 0 amide bonds. The standard InChI is InChI=1S/C15H19NO3/c1-16-9-15-13(7-8-19-15)11-18-10-12-3-5-14(17-2)6-4-12/h3-8,16H,9-11H2,1-2H3. The molecule has 1 aromatic carbocycles. The monoisotopic (exact) mass is 261 g/mol. The minimum absolute atomic E-state index is 0.555. The van der Waals surface area contributed by atoms with Crippen LogP contribution in [0.3, 0.4) is 0 Å². The molecule has 0 aliphatic heterocycles. The van der Waals surface area contributed by atoms with Crippen LogP contribution in [0, 0.1) is 0 Å². The average Bonchev–Trinajstić information content (AvgIpc) is 2.88. The number of hydrogen-bond acceptors (Lipinski definition) is 4. The van der Waals surface area contributed by atoms with Gasteiger partial charge in [0.25, 0.3) is 0 Å². The van der Waals surface area contributed by atoms with Crippen molar-refractivity contribution in [3.8, 4) is 5.75 Å². The maximum atomic E-state index is 5.70. The largest absolute Gasteiger partial charge is 0.497 e. The van der Waals surface area contributed by atoms with Crippen molar-refractivity contribution in [1.29, 1.82) is 0 Å². The van der Waals surface area contributed by atoms with E-state index >= 15 is 0 Å². The number of hydrogen-bond donors (Lipinski definition) is 1. The second-order valence-corrected chi connectivity index (χ2v) is 4.24. The Morgan fingerprint density at radius 1 is 1.11 bits per heavy atom.